The number of nitrogens with zero attached hydrogens (tertiary/aromatic N) is 3. The summed E-state index contributed by atoms with van der Waals surface area (Å²) in [5, 5.41) is 0.251. The molecule has 2 aliphatic rings. The van der Waals surface area contributed by atoms with E-state index >= 15 is 0 Å². The van der Waals surface area contributed by atoms with Crippen LogP contribution in [-0.4, -0.2) is 47.9 Å². The summed E-state index contributed by atoms with van der Waals surface area (Å²) in [6.07, 6.45) is 9.07. The van der Waals surface area contributed by atoms with Gasteiger partial charge in [-0.05, 0) is 54.8 Å². The number of carbonyl (C=O) groups excluding carboxylic acids is 1. The van der Waals surface area contributed by atoms with Crippen LogP contribution in [-0.2, 0) is 21.4 Å². The number of imidazole rings is 1. The lowest BCUT2D eigenvalue weighted by atomic mass is 9.75. The van der Waals surface area contributed by atoms with Crippen LogP contribution in [0.5, 0.6) is 0 Å². The molecule has 2 aromatic rings. The number of sulfonamides is 1. The molecule has 1 saturated carbocycles. The summed E-state index contributed by atoms with van der Waals surface area (Å²) < 4.78 is 30.8. The van der Waals surface area contributed by atoms with E-state index in [4.69, 9.17) is 46.4 Å². The van der Waals surface area contributed by atoms with Gasteiger partial charge in [-0.25, -0.2) is 13.4 Å². The third-order valence-corrected chi connectivity index (χ3v) is 9.68. The molecular weight excluding hydrogens is 542 g/mol. The number of aryl methyl sites for hydroxylation is 1. The van der Waals surface area contributed by atoms with Gasteiger partial charge in [0.2, 0.25) is 21.2 Å². The Kier molecular flexibility index (Phi) is 8.37. The van der Waals surface area contributed by atoms with Crippen LogP contribution in [0.2, 0.25) is 20.4 Å². The average Bonchev–Trinajstić information content (AvgIpc) is 3.19. The first-order valence-electron chi connectivity index (χ1n) is 11.3. The summed E-state index contributed by atoms with van der Waals surface area (Å²) >= 11 is 24.4. The SMILES string of the molecule is O=C(C(CCn1ccnc1Cl)NS(=O)(=O)c1c(Cl)cc(Cl)cc1Cl)N1CC[C@H]2CCCC[C@@H]2C1. The topological polar surface area (TPSA) is 84.3 Å². The van der Waals surface area contributed by atoms with Gasteiger partial charge < -0.3 is 9.47 Å². The van der Waals surface area contributed by atoms with Crippen LogP contribution in [0, 0.1) is 11.8 Å². The zero-order valence-corrected chi connectivity index (χ0v) is 22.2. The Bertz CT molecular complexity index is 1130. The molecular formula is C22H26Cl4N4O3S. The van der Waals surface area contributed by atoms with Crippen molar-refractivity contribution in [2.75, 3.05) is 13.1 Å². The number of hydrogen-bond donors (Lipinski definition) is 1. The van der Waals surface area contributed by atoms with E-state index in [1.54, 1.807) is 21.9 Å². The Hall–Kier alpha value is -1.03. The molecule has 1 amide bonds. The van der Waals surface area contributed by atoms with Gasteiger partial charge in [-0.15, -0.1) is 0 Å². The van der Waals surface area contributed by atoms with Crippen LogP contribution >= 0.6 is 46.4 Å². The maximum atomic E-state index is 13.6. The summed E-state index contributed by atoms with van der Waals surface area (Å²) in [5.74, 6) is 0.848. The van der Waals surface area contributed by atoms with Gasteiger partial charge in [0.15, 0.2) is 0 Å². The van der Waals surface area contributed by atoms with Crippen molar-refractivity contribution >= 4 is 62.3 Å². The Balaban J connectivity index is 1.57. The molecule has 34 heavy (non-hydrogen) atoms. The summed E-state index contributed by atoms with van der Waals surface area (Å²) in [6, 6.07) is 1.59. The molecule has 2 fully saturated rings. The van der Waals surface area contributed by atoms with Crippen LogP contribution in [0.3, 0.4) is 0 Å². The molecule has 0 bridgehead atoms. The third-order valence-electron chi connectivity index (χ3n) is 6.75. The fourth-order valence-corrected chi connectivity index (χ4v) is 8.00. The Morgan fingerprint density at radius 3 is 2.41 bits per heavy atom. The predicted octanol–water partition coefficient (Wildman–Crippen LogP) is 5.27. The molecule has 3 atom stereocenters. The Morgan fingerprint density at radius 1 is 1.09 bits per heavy atom. The van der Waals surface area contributed by atoms with Gasteiger partial charge >= 0.3 is 0 Å². The minimum atomic E-state index is -4.22. The molecule has 7 nitrogen and oxygen atoms in total. The predicted molar refractivity (Wildman–Crippen MR) is 134 cm³/mol. The molecule has 0 radical (unpaired) electrons. The second-order valence-corrected chi connectivity index (χ2v) is 12.2. The van der Waals surface area contributed by atoms with E-state index in [2.05, 4.69) is 9.71 Å². The molecule has 1 aromatic carbocycles. The van der Waals surface area contributed by atoms with E-state index in [1.807, 2.05) is 0 Å². The highest BCUT2D eigenvalue weighted by Gasteiger charge is 2.37. The van der Waals surface area contributed by atoms with Crippen molar-refractivity contribution in [3.63, 3.8) is 0 Å². The van der Waals surface area contributed by atoms with Crippen molar-refractivity contribution in [3.05, 3.63) is 44.9 Å². The van der Waals surface area contributed by atoms with Crippen molar-refractivity contribution in [3.8, 4) is 0 Å². The number of carbonyl (C=O) groups is 1. The van der Waals surface area contributed by atoms with Gasteiger partial charge in [0.25, 0.3) is 0 Å². The molecule has 1 unspecified atom stereocenters. The lowest BCUT2D eigenvalue weighted by Crippen LogP contribution is -2.53. The number of aromatic nitrogens is 2. The molecule has 1 aliphatic carbocycles. The normalized spacial score (nSPS) is 21.8. The molecule has 1 aliphatic heterocycles. The first-order chi connectivity index (χ1) is 16.2. The fraction of sp³-hybridized carbons (Fsp3) is 0.545. The Morgan fingerprint density at radius 2 is 1.76 bits per heavy atom. The molecule has 0 spiro atoms. The molecule has 1 N–H and O–H groups in total. The Labute approximate surface area is 219 Å². The largest absolute Gasteiger partial charge is 0.341 e. The average molecular weight is 568 g/mol. The smallest absolute Gasteiger partial charge is 0.244 e. The second kappa shape index (κ2) is 10.9. The van der Waals surface area contributed by atoms with Gasteiger partial charge in [-0.1, -0.05) is 54.1 Å². The third kappa shape index (κ3) is 5.85. The van der Waals surface area contributed by atoms with E-state index in [1.165, 1.54) is 31.4 Å². The van der Waals surface area contributed by atoms with E-state index < -0.39 is 16.1 Å². The zero-order valence-electron chi connectivity index (χ0n) is 18.4. The number of amides is 1. The number of likely N-dealkylation sites (tertiary alicyclic amines) is 1. The molecule has 1 aromatic heterocycles. The van der Waals surface area contributed by atoms with Crippen LogP contribution in [0.1, 0.15) is 38.5 Å². The molecule has 1 saturated heterocycles. The highest BCUT2D eigenvalue weighted by atomic mass is 35.5. The second-order valence-electron chi connectivity index (χ2n) is 8.93. The summed E-state index contributed by atoms with van der Waals surface area (Å²) in [7, 11) is -4.22. The molecule has 4 rings (SSSR count). The number of benzene rings is 1. The lowest BCUT2D eigenvalue weighted by Gasteiger charge is -2.42. The maximum Gasteiger partial charge on any atom is 0.244 e. The highest BCUT2D eigenvalue weighted by Crippen LogP contribution is 2.37. The monoisotopic (exact) mass is 566 g/mol. The van der Waals surface area contributed by atoms with Crippen molar-refractivity contribution < 1.29 is 13.2 Å². The number of nitrogens with one attached hydrogen (secondary N) is 1. The standard InChI is InChI=1S/C22H26Cl4N4O3S/c23-16-11-17(24)20(18(25)12-16)34(32,33)28-19(6-9-29-10-7-27-22(29)26)21(31)30-8-5-14-3-1-2-4-15(14)13-30/h7,10-12,14-15,19,28H,1-6,8-9,13H2/t14-,15-,19?/m1/s1. The van der Waals surface area contributed by atoms with E-state index in [0.29, 0.717) is 31.5 Å². The minimum Gasteiger partial charge on any atom is -0.341 e. The van der Waals surface area contributed by atoms with Gasteiger partial charge in [0.05, 0.1) is 10.0 Å². The number of halogens is 4. The number of fused-ring (bicyclic) bond motifs is 1. The van der Waals surface area contributed by atoms with E-state index in [0.717, 1.165) is 12.8 Å². The molecule has 2 heterocycles. The van der Waals surface area contributed by atoms with Crippen LogP contribution in [0.4, 0.5) is 0 Å². The van der Waals surface area contributed by atoms with Gasteiger partial charge in [-0.2, -0.15) is 4.72 Å². The summed E-state index contributed by atoms with van der Waals surface area (Å²) in [4.78, 5) is 19.1. The van der Waals surface area contributed by atoms with Crippen molar-refractivity contribution in [2.24, 2.45) is 11.8 Å². The van der Waals surface area contributed by atoms with Gasteiger partial charge in [-0.3, -0.25) is 4.79 Å². The number of hydrogen-bond acceptors (Lipinski definition) is 4. The van der Waals surface area contributed by atoms with Crippen molar-refractivity contribution in [2.45, 2.75) is 56.0 Å². The molecule has 186 valence electrons. The summed E-state index contributed by atoms with van der Waals surface area (Å²) in [5.41, 5.74) is 0. The van der Waals surface area contributed by atoms with Crippen molar-refractivity contribution in [1.29, 1.82) is 0 Å². The maximum absolute atomic E-state index is 13.6. The molecule has 12 heteroatoms. The zero-order chi connectivity index (χ0) is 24.5. The van der Waals surface area contributed by atoms with Gasteiger partial charge in [0, 0.05) is 37.1 Å². The van der Waals surface area contributed by atoms with Crippen LogP contribution < -0.4 is 4.72 Å². The fourth-order valence-electron chi connectivity index (χ4n) is 5.03. The van der Waals surface area contributed by atoms with Crippen molar-refractivity contribution in [1.82, 2.24) is 19.2 Å². The quantitative estimate of drug-likeness (QED) is 0.494. The first-order valence-corrected chi connectivity index (χ1v) is 14.3. The minimum absolute atomic E-state index is 0.114. The van der Waals surface area contributed by atoms with E-state index in [-0.39, 0.29) is 37.6 Å². The van der Waals surface area contributed by atoms with E-state index in [9.17, 15) is 13.2 Å². The number of piperidine rings is 1. The van der Waals surface area contributed by atoms with Gasteiger partial charge in [0.1, 0.15) is 10.9 Å². The number of rotatable bonds is 7. The highest BCUT2D eigenvalue weighted by molar-refractivity contribution is 7.89. The van der Waals surface area contributed by atoms with Crippen LogP contribution in [0.25, 0.3) is 0 Å². The van der Waals surface area contributed by atoms with Crippen LogP contribution in [0.15, 0.2) is 29.4 Å². The first kappa shape index (κ1) is 26.0. The lowest BCUT2D eigenvalue weighted by molar-refractivity contribution is -0.136. The summed E-state index contributed by atoms with van der Waals surface area (Å²) in [6.45, 7) is 1.57.